The molecule has 34 heavy (non-hydrogen) atoms. The van der Waals surface area contributed by atoms with Crippen LogP contribution in [0.2, 0.25) is 0 Å². The van der Waals surface area contributed by atoms with E-state index in [0.717, 1.165) is 49.9 Å². The van der Waals surface area contributed by atoms with Crippen LogP contribution < -0.4 is 4.57 Å². The Balaban J connectivity index is 1.74. The molecule has 0 amide bonds. The SMILES string of the molecule is Cc1ccc2c(oc3c(-c4cccc5c4C=CC5(C)C)c(C#N)ccc32)c1-c1cccc[n+]1C. The maximum absolute atomic E-state index is 10.1. The Morgan fingerprint density at radius 3 is 2.41 bits per heavy atom. The van der Waals surface area contributed by atoms with Crippen LogP contribution >= 0.6 is 0 Å². The molecule has 0 N–H and O–H groups in total. The summed E-state index contributed by atoms with van der Waals surface area (Å²) in [6, 6.07) is 23.2. The third-order valence-electron chi connectivity index (χ3n) is 7.19. The molecule has 2 heterocycles. The average Bonchev–Trinajstić information content (AvgIpc) is 3.36. The zero-order valence-electron chi connectivity index (χ0n) is 19.8. The Morgan fingerprint density at radius 1 is 0.882 bits per heavy atom. The van der Waals surface area contributed by atoms with Crippen molar-refractivity contribution in [1.82, 2.24) is 0 Å². The van der Waals surface area contributed by atoms with E-state index in [-0.39, 0.29) is 5.41 Å². The molecule has 0 atom stereocenters. The first kappa shape index (κ1) is 20.4. The van der Waals surface area contributed by atoms with Crippen LogP contribution in [-0.4, -0.2) is 0 Å². The zero-order chi connectivity index (χ0) is 23.6. The second-order valence-corrected chi connectivity index (χ2v) is 9.73. The molecule has 3 aromatic carbocycles. The third kappa shape index (κ3) is 2.79. The highest BCUT2D eigenvalue weighted by atomic mass is 16.3. The molecule has 3 nitrogen and oxygen atoms in total. The Morgan fingerprint density at radius 2 is 1.65 bits per heavy atom. The molecule has 0 saturated carbocycles. The van der Waals surface area contributed by atoms with E-state index in [1.807, 2.05) is 18.2 Å². The minimum atomic E-state index is -0.0355. The average molecular weight is 442 g/mol. The van der Waals surface area contributed by atoms with Crippen LogP contribution in [0.3, 0.4) is 0 Å². The van der Waals surface area contributed by atoms with Crippen LogP contribution in [0.4, 0.5) is 0 Å². The van der Waals surface area contributed by atoms with E-state index >= 15 is 0 Å². The number of hydrogen-bond donors (Lipinski definition) is 0. The minimum absolute atomic E-state index is 0.0355. The van der Waals surface area contributed by atoms with Gasteiger partial charge in [-0.3, -0.25) is 0 Å². The number of allylic oxidation sites excluding steroid dienone is 1. The van der Waals surface area contributed by atoms with Crippen molar-refractivity contribution in [2.75, 3.05) is 0 Å². The number of nitriles is 1. The molecule has 0 spiro atoms. The van der Waals surface area contributed by atoms with Gasteiger partial charge >= 0.3 is 0 Å². The van der Waals surface area contributed by atoms with Crippen molar-refractivity contribution in [3.8, 4) is 28.5 Å². The van der Waals surface area contributed by atoms with Gasteiger partial charge in [0, 0.05) is 33.9 Å². The van der Waals surface area contributed by atoms with Crippen molar-refractivity contribution in [3.63, 3.8) is 0 Å². The van der Waals surface area contributed by atoms with E-state index in [1.54, 1.807) is 0 Å². The van der Waals surface area contributed by atoms with E-state index in [1.165, 1.54) is 11.1 Å². The molecule has 6 rings (SSSR count). The predicted octanol–water partition coefficient (Wildman–Crippen LogP) is 7.23. The van der Waals surface area contributed by atoms with Gasteiger partial charge in [-0.15, -0.1) is 0 Å². The lowest BCUT2D eigenvalue weighted by Gasteiger charge is -2.19. The van der Waals surface area contributed by atoms with E-state index in [9.17, 15) is 5.26 Å². The molecule has 3 heteroatoms. The summed E-state index contributed by atoms with van der Waals surface area (Å²) in [6.45, 7) is 6.57. The largest absolute Gasteiger partial charge is 0.454 e. The molecule has 5 aromatic rings. The minimum Gasteiger partial charge on any atom is -0.454 e. The number of hydrogen-bond acceptors (Lipinski definition) is 2. The Bertz CT molecular complexity index is 1710. The van der Waals surface area contributed by atoms with Gasteiger partial charge in [-0.1, -0.05) is 56.3 Å². The maximum atomic E-state index is 10.1. The van der Waals surface area contributed by atoms with Crippen LogP contribution in [0.1, 0.15) is 36.1 Å². The molecule has 2 aromatic heterocycles. The fraction of sp³-hybridized carbons (Fsp3) is 0.161. The molecule has 0 aliphatic heterocycles. The third-order valence-corrected chi connectivity index (χ3v) is 7.19. The highest BCUT2D eigenvalue weighted by Crippen LogP contribution is 2.46. The normalized spacial score (nSPS) is 14.0. The molecule has 0 radical (unpaired) electrons. The summed E-state index contributed by atoms with van der Waals surface area (Å²) in [4.78, 5) is 0. The Labute approximate surface area is 199 Å². The van der Waals surface area contributed by atoms with E-state index in [4.69, 9.17) is 4.42 Å². The number of fused-ring (bicyclic) bond motifs is 4. The van der Waals surface area contributed by atoms with Crippen LogP contribution in [0.15, 0.2) is 77.4 Å². The smallest absolute Gasteiger partial charge is 0.216 e. The number of aromatic nitrogens is 1. The summed E-state index contributed by atoms with van der Waals surface area (Å²) in [7, 11) is 2.05. The van der Waals surface area contributed by atoms with Crippen LogP contribution in [0, 0.1) is 18.3 Å². The molecule has 0 saturated heterocycles. The quantitative estimate of drug-likeness (QED) is 0.271. The summed E-state index contributed by atoms with van der Waals surface area (Å²) >= 11 is 0. The molecular weight excluding hydrogens is 416 g/mol. The van der Waals surface area contributed by atoms with E-state index < -0.39 is 0 Å². The topological polar surface area (TPSA) is 40.8 Å². The van der Waals surface area contributed by atoms with E-state index in [2.05, 4.69) is 99.3 Å². The summed E-state index contributed by atoms with van der Waals surface area (Å²) in [6.07, 6.45) is 6.48. The van der Waals surface area contributed by atoms with Gasteiger partial charge in [0.1, 0.15) is 18.2 Å². The van der Waals surface area contributed by atoms with Crippen molar-refractivity contribution in [2.45, 2.75) is 26.2 Å². The van der Waals surface area contributed by atoms with E-state index in [0.29, 0.717) is 5.56 Å². The maximum Gasteiger partial charge on any atom is 0.216 e. The molecule has 0 bridgehead atoms. The lowest BCUT2D eigenvalue weighted by molar-refractivity contribution is -0.660. The van der Waals surface area contributed by atoms with Gasteiger partial charge in [0.25, 0.3) is 0 Å². The van der Waals surface area contributed by atoms with Crippen LogP contribution in [-0.2, 0) is 12.5 Å². The molecular formula is C31H25N2O+. The van der Waals surface area contributed by atoms with Gasteiger partial charge in [0.15, 0.2) is 6.20 Å². The van der Waals surface area contributed by atoms with Crippen molar-refractivity contribution in [2.24, 2.45) is 7.05 Å². The summed E-state index contributed by atoms with van der Waals surface area (Å²) < 4.78 is 8.84. The van der Waals surface area contributed by atoms with Crippen molar-refractivity contribution < 1.29 is 8.98 Å². The molecule has 0 unspecified atom stereocenters. The standard InChI is InChI=1S/C31H25N2O/c1-19-11-13-23-24-14-12-20(18-32)28(22-8-7-9-25-21(22)15-16-31(25,2)3)30(24)34-29(23)27(19)26-10-5-6-17-33(26)4/h5-17H,1-4H3/q+1. The fourth-order valence-electron chi connectivity index (χ4n) is 5.37. The van der Waals surface area contributed by atoms with Gasteiger partial charge in [0.2, 0.25) is 5.69 Å². The second-order valence-electron chi connectivity index (χ2n) is 9.73. The van der Waals surface area contributed by atoms with Gasteiger partial charge in [0.05, 0.1) is 17.2 Å². The van der Waals surface area contributed by atoms with Crippen molar-refractivity contribution in [1.29, 1.82) is 5.26 Å². The summed E-state index contributed by atoms with van der Waals surface area (Å²) in [5.41, 5.74) is 9.91. The van der Waals surface area contributed by atoms with Gasteiger partial charge in [-0.25, -0.2) is 4.57 Å². The monoisotopic (exact) mass is 441 g/mol. The number of pyridine rings is 1. The number of benzene rings is 3. The van der Waals surface area contributed by atoms with Gasteiger partial charge in [-0.05, 0) is 47.4 Å². The summed E-state index contributed by atoms with van der Waals surface area (Å²) in [5, 5.41) is 12.2. The van der Waals surface area contributed by atoms with Crippen molar-refractivity contribution >= 4 is 28.0 Å². The molecule has 0 fully saturated rings. The van der Waals surface area contributed by atoms with Gasteiger partial charge < -0.3 is 4.42 Å². The number of furan rings is 1. The van der Waals surface area contributed by atoms with Gasteiger partial charge in [-0.2, -0.15) is 5.26 Å². The van der Waals surface area contributed by atoms with Crippen LogP contribution in [0.5, 0.6) is 0 Å². The lowest BCUT2D eigenvalue weighted by atomic mass is 9.84. The molecule has 164 valence electrons. The molecule has 1 aliphatic rings. The number of aryl methyl sites for hydroxylation is 2. The zero-order valence-corrected chi connectivity index (χ0v) is 19.8. The van der Waals surface area contributed by atoms with Crippen molar-refractivity contribution in [3.05, 3.63) is 95.2 Å². The lowest BCUT2D eigenvalue weighted by Crippen LogP contribution is -2.30. The van der Waals surface area contributed by atoms with Crippen LogP contribution in [0.25, 0.3) is 50.4 Å². The first-order valence-corrected chi connectivity index (χ1v) is 11.6. The number of rotatable bonds is 2. The number of nitrogens with zero attached hydrogens (tertiary/aromatic N) is 2. The molecule has 1 aliphatic carbocycles. The first-order valence-electron chi connectivity index (χ1n) is 11.6. The highest BCUT2D eigenvalue weighted by molar-refractivity contribution is 6.14. The second kappa shape index (κ2) is 7.17. The highest BCUT2D eigenvalue weighted by Gasteiger charge is 2.29. The predicted molar refractivity (Wildman–Crippen MR) is 137 cm³/mol. The fourth-order valence-corrected chi connectivity index (χ4v) is 5.37. The Kier molecular flexibility index (Phi) is 4.31. The first-order chi connectivity index (χ1) is 16.4. The Hall–Kier alpha value is -4.16. The summed E-state index contributed by atoms with van der Waals surface area (Å²) in [5.74, 6) is 0.